The van der Waals surface area contributed by atoms with Crippen LogP contribution in [0.1, 0.15) is 18.9 Å². The Bertz CT molecular complexity index is 564. The Hall–Kier alpha value is -2.42. The van der Waals surface area contributed by atoms with Gasteiger partial charge in [0.2, 0.25) is 0 Å². The summed E-state index contributed by atoms with van der Waals surface area (Å²) in [5.41, 5.74) is -0.702. The first kappa shape index (κ1) is 13.0. The Kier molecular flexibility index (Phi) is 3.21. The maximum atomic E-state index is 12.9. The van der Waals surface area contributed by atoms with Gasteiger partial charge >= 0.3 is 6.03 Å². The molecule has 6 heteroatoms. The van der Waals surface area contributed by atoms with E-state index in [1.54, 1.807) is 6.92 Å². The molecule has 1 atom stereocenters. The lowest BCUT2D eigenvalue weighted by atomic mass is 9.92. The smallest absolute Gasteiger partial charge is 0.319 e. The molecule has 5 nitrogen and oxygen atoms in total. The van der Waals surface area contributed by atoms with Gasteiger partial charge in [-0.25, -0.2) is 9.18 Å². The molecule has 0 radical (unpaired) electrons. The van der Waals surface area contributed by atoms with Gasteiger partial charge in [-0.2, -0.15) is 5.26 Å². The third-order valence-corrected chi connectivity index (χ3v) is 3.14. The third kappa shape index (κ3) is 2.15. The van der Waals surface area contributed by atoms with Crippen molar-refractivity contribution in [2.45, 2.75) is 18.9 Å². The highest BCUT2D eigenvalue weighted by molar-refractivity contribution is 6.07. The molecule has 2 rings (SSSR count). The van der Waals surface area contributed by atoms with Gasteiger partial charge in [-0.3, -0.25) is 9.69 Å². The number of carbonyl (C=O) groups excluding carboxylic acids is 2. The Labute approximate surface area is 109 Å². The normalized spacial score (nSPS) is 22.3. The average molecular weight is 261 g/mol. The summed E-state index contributed by atoms with van der Waals surface area (Å²) in [6, 6.07) is 6.74. The van der Waals surface area contributed by atoms with Gasteiger partial charge in [0, 0.05) is 6.54 Å². The number of rotatable bonds is 3. The summed E-state index contributed by atoms with van der Waals surface area (Å²) in [5.74, 6) is -0.843. The van der Waals surface area contributed by atoms with Crippen molar-refractivity contribution >= 4 is 11.9 Å². The molecule has 0 bridgehead atoms. The Morgan fingerprint density at radius 3 is 2.58 bits per heavy atom. The summed E-state index contributed by atoms with van der Waals surface area (Å²) in [7, 11) is 0. The molecule has 1 unspecified atom stereocenters. The SMILES string of the molecule is CC1(c2ccc(F)cc2)NC(=O)N(CCC#N)C1=O. The zero-order valence-corrected chi connectivity index (χ0v) is 10.3. The van der Waals surface area contributed by atoms with Crippen molar-refractivity contribution < 1.29 is 14.0 Å². The Morgan fingerprint density at radius 2 is 2.00 bits per heavy atom. The molecule has 0 aromatic heterocycles. The van der Waals surface area contributed by atoms with Crippen LogP contribution in [0.25, 0.3) is 0 Å². The van der Waals surface area contributed by atoms with Gasteiger partial charge < -0.3 is 5.32 Å². The fraction of sp³-hybridized carbons (Fsp3) is 0.308. The molecule has 0 spiro atoms. The zero-order valence-electron chi connectivity index (χ0n) is 10.3. The third-order valence-electron chi connectivity index (χ3n) is 3.14. The zero-order chi connectivity index (χ0) is 14.0. The summed E-state index contributed by atoms with van der Waals surface area (Å²) in [6.07, 6.45) is 0.0820. The highest BCUT2D eigenvalue weighted by Gasteiger charge is 2.48. The lowest BCUT2D eigenvalue weighted by Gasteiger charge is -2.22. The van der Waals surface area contributed by atoms with Gasteiger partial charge in [0.1, 0.15) is 11.4 Å². The molecule has 1 aliphatic heterocycles. The van der Waals surface area contributed by atoms with E-state index in [1.165, 1.54) is 24.3 Å². The van der Waals surface area contributed by atoms with Crippen LogP contribution >= 0.6 is 0 Å². The van der Waals surface area contributed by atoms with E-state index < -0.39 is 23.3 Å². The van der Waals surface area contributed by atoms with Gasteiger partial charge in [-0.1, -0.05) is 12.1 Å². The Morgan fingerprint density at radius 1 is 1.37 bits per heavy atom. The van der Waals surface area contributed by atoms with Crippen molar-refractivity contribution in [2.24, 2.45) is 0 Å². The number of hydrogen-bond acceptors (Lipinski definition) is 3. The molecule has 98 valence electrons. The molecule has 0 aliphatic carbocycles. The van der Waals surface area contributed by atoms with Crippen LogP contribution in [0.3, 0.4) is 0 Å². The first-order valence-corrected chi connectivity index (χ1v) is 5.76. The number of amides is 3. The largest absolute Gasteiger partial charge is 0.325 e. The van der Waals surface area contributed by atoms with Gasteiger partial charge in [0.15, 0.2) is 0 Å². The van der Waals surface area contributed by atoms with Gasteiger partial charge in [-0.05, 0) is 24.6 Å². The van der Waals surface area contributed by atoms with Crippen LogP contribution in [-0.4, -0.2) is 23.4 Å². The molecule has 1 fully saturated rings. The second-order valence-corrected chi connectivity index (χ2v) is 4.43. The minimum absolute atomic E-state index is 0.0535. The number of nitrogens with one attached hydrogen (secondary N) is 1. The summed E-state index contributed by atoms with van der Waals surface area (Å²) in [5, 5.41) is 11.1. The van der Waals surface area contributed by atoms with Gasteiger partial charge in [0.25, 0.3) is 5.91 Å². The molecule has 19 heavy (non-hydrogen) atoms. The maximum Gasteiger partial charge on any atom is 0.325 e. The molecule has 3 amide bonds. The van der Waals surface area contributed by atoms with Crippen LogP contribution in [0.15, 0.2) is 24.3 Å². The number of urea groups is 1. The summed E-state index contributed by atoms with van der Waals surface area (Å²) >= 11 is 0. The minimum atomic E-state index is -1.21. The molecular weight excluding hydrogens is 249 g/mol. The van der Waals surface area contributed by atoms with Crippen LogP contribution in [0.5, 0.6) is 0 Å². The molecule has 1 saturated heterocycles. The van der Waals surface area contributed by atoms with Crippen molar-refractivity contribution in [1.82, 2.24) is 10.2 Å². The van der Waals surface area contributed by atoms with Crippen LogP contribution in [0.2, 0.25) is 0 Å². The van der Waals surface area contributed by atoms with E-state index in [4.69, 9.17) is 5.26 Å². The van der Waals surface area contributed by atoms with E-state index in [0.29, 0.717) is 5.56 Å². The van der Waals surface area contributed by atoms with Crippen LogP contribution < -0.4 is 5.32 Å². The van der Waals surface area contributed by atoms with Crippen molar-refractivity contribution in [3.63, 3.8) is 0 Å². The average Bonchev–Trinajstić information content (AvgIpc) is 2.60. The second kappa shape index (κ2) is 4.69. The van der Waals surface area contributed by atoms with Crippen LogP contribution in [0, 0.1) is 17.1 Å². The van der Waals surface area contributed by atoms with E-state index >= 15 is 0 Å². The molecule has 1 N–H and O–H groups in total. The number of carbonyl (C=O) groups is 2. The van der Waals surface area contributed by atoms with Gasteiger partial charge in [0.05, 0.1) is 12.5 Å². The van der Waals surface area contributed by atoms with E-state index in [1.807, 2.05) is 6.07 Å². The fourth-order valence-electron chi connectivity index (χ4n) is 2.04. The van der Waals surface area contributed by atoms with Crippen molar-refractivity contribution in [2.75, 3.05) is 6.54 Å². The maximum absolute atomic E-state index is 12.9. The standard InChI is InChI=1S/C13H12FN3O2/c1-13(9-3-5-10(14)6-4-9)11(18)17(8-2-7-15)12(19)16-13/h3-6H,2,8H2,1H3,(H,16,19). The minimum Gasteiger partial charge on any atom is -0.319 e. The summed E-state index contributed by atoms with van der Waals surface area (Å²) in [6.45, 7) is 1.62. The first-order chi connectivity index (χ1) is 8.99. The highest BCUT2D eigenvalue weighted by atomic mass is 19.1. The number of nitriles is 1. The lowest BCUT2D eigenvalue weighted by molar-refractivity contribution is -0.131. The first-order valence-electron chi connectivity index (χ1n) is 5.76. The predicted octanol–water partition coefficient (Wildman–Crippen LogP) is 1.51. The number of imide groups is 1. The quantitative estimate of drug-likeness (QED) is 0.838. The molecule has 0 saturated carbocycles. The number of nitrogens with zero attached hydrogens (tertiary/aromatic N) is 2. The lowest BCUT2D eigenvalue weighted by Crippen LogP contribution is -2.41. The Balaban J connectivity index is 2.30. The summed E-state index contributed by atoms with van der Waals surface area (Å²) in [4.78, 5) is 25.0. The van der Waals surface area contributed by atoms with E-state index in [0.717, 1.165) is 4.90 Å². The number of hydrogen-bond donors (Lipinski definition) is 1. The monoisotopic (exact) mass is 261 g/mol. The van der Waals surface area contributed by atoms with Crippen molar-refractivity contribution in [1.29, 1.82) is 5.26 Å². The van der Waals surface area contributed by atoms with Crippen LogP contribution in [-0.2, 0) is 10.3 Å². The molecule has 1 aromatic carbocycles. The van der Waals surface area contributed by atoms with Crippen LogP contribution in [0.4, 0.5) is 9.18 Å². The predicted molar refractivity (Wildman–Crippen MR) is 64.2 cm³/mol. The topological polar surface area (TPSA) is 73.2 Å². The molecule has 1 aliphatic rings. The van der Waals surface area contributed by atoms with E-state index in [-0.39, 0.29) is 13.0 Å². The second-order valence-electron chi connectivity index (χ2n) is 4.43. The number of halogens is 1. The van der Waals surface area contributed by atoms with Crippen molar-refractivity contribution in [3.05, 3.63) is 35.6 Å². The fourth-order valence-corrected chi connectivity index (χ4v) is 2.04. The molecule has 1 heterocycles. The number of benzene rings is 1. The van der Waals surface area contributed by atoms with E-state index in [2.05, 4.69) is 5.32 Å². The van der Waals surface area contributed by atoms with E-state index in [9.17, 15) is 14.0 Å². The van der Waals surface area contributed by atoms with Crippen molar-refractivity contribution in [3.8, 4) is 6.07 Å². The highest BCUT2D eigenvalue weighted by Crippen LogP contribution is 2.28. The van der Waals surface area contributed by atoms with Gasteiger partial charge in [-0.15, -0.1) is 0 Å². The molecular formula is C13H12FN3O2. The molecule has 1 aromatic rings. The summed E-state index contributed by atoms with van der Waals surface area (Å²) < 4.78 is 12.9.